The standard InChI is InChI=1S/C13H18FNOS/c1-9(15-8-11-3-2-6-17-11)12-5-4-10(16)7-13(12)14/h4-5,7,9,11,15-16H,2-3,6,8H2,1H3. The molecule has 0 aliphatic carbocycles. The van der Waals surface area contributed by atoms with E-state index in [4.69, 9.17) is 5.11 Å². The Morgan fingerprint density at radius 3 is 3.06 bits per heavy atom. The monoisotopic (exact) mass is 255 g/mol. The molecule has 2 unspecified atom stereocenters. The van der Waals surface area contributed by atoms with E-state index in [-0.39, 0.29) is 17.6 Å². The Balaban J connectivity index is 1.91. The van der Waals surface area contributed by atoms with Crippen LogP contribution in [0.4, 0.5) is 4.39 Å². The minimum atomic E-state index is -0.343. The Hall–Kier alpha value is -0.740. The van der Waals surface area contributed by atoms with Crippen LogP contribution in [-0.2, 0) is 0 Å². The molecule has 4 heteroatoms. The van der Waals surface area contributed by atoms with Crippen LogP contribution in [0.1, 0.15) is 31.4 Å². The molecule has 17 heavy (non-hydrogen) atoms. The SMILES string of the molecule is CC(NCC1CCCS1)c1ccc(O)cc1F. The Bertz CT molecular complexity index is 380. The topological polar surface area (TPSA) is 32.3 Å². The summed E-state index contributed by atoms with van der Waals surface area (Å²) in [6.45, 7) is 2.88. The Morgan fingerprint density at radius 2 is 2.41 bits per heavy atom. The van der Waals surface area contributed by atoms with E-state index < -0.39 is 0 Å². The number of aromatic hydroxyl groups is 1. The van der Waals surface area contributed by atoms with Gasteiger partial charge in [0.15, 0.2) is 0 Å². The van der Waals surface area contributed by atoms with Crippen molar-refractivity contribution in [1.29, 1.82) is 0 Å². The summed E-state index contributed by atoms with van der Waals surface area (Å²) in [4.78, 5) is 0. The second-order valence-corrected chi connectivity index (χ2v) is 5.88. The zero-order chi connectivity index (χ0) is 12.3. The summed E-state index contributed by atoms with van der Waals surface area (Å²) in [6.07, 6.45) is 2.54. The fourth-order valence-electron chi connectivity index (χ4n) is 2.09. The molecule has 0 radical (unpaired) electrons. The van der Waals surface area contributed by atoms with Gasteiger partial charge in [0, 0.05) is 29.5 Å². The summed E-state index contributed by atoms with van der Waals surface area (Å²) >= 11 is 1.99. The fraction of sp³-hybridized carbons (Fsp3) is 0.538. The van der Waals surface area contributed by atoms with Crippen LogP contribution in [0, 0.1) is 5.82 Å². The van der Waals surface area contributed by atoms with E-state index in [2.05, 4.69) is 5.32 Å². The molecule has 0 aromatic heterocycles. The molecule has 1 heterocycles. The molecular formula is C13H18FNOS. The van der Waals surface area contributed by atoms with Crippen molar-refractivity contribution < 1.29 is 9.50 Å². The van der Waals surface area contributed by atoms with Crippen molar-refractivity contribution in [2.45, 2.75) is 31.1 Å². The third-order valence-corrected chi connectivity index (χ3v) is 4.52. The predicted molar refractivity (Wildman–Crippen MR) is 70.0 cm³/mol. The molecule has 0 spiro atoms. The van der Waals surface area contributed by atoms with E-state index in [1.54, 1.807) is 6.07 Å². The van der Waals surface area contributed by atoms with Gasteiger partial charge in [-0.3, -0.25) is 0 Å². The molecule has 1 aromatic carbocycles. The maximum atomic E-state index is 13.6. The Kier molecular flexibility index (Phi) is 4.29. The molecule has 0 bridgehead atoms. The normalized spacial score (nSPS) is 21.6. The summed E-state index contributed by atoms with van der Waals surface area (Å²) < 4.78 is 13.6. The van der Waals surface area contributed by atoms with Crippen LogP contribution in [0.25, 0.3) is 0 Å². The molecule has 1 aliphatic rings. The number of halogens is 1. The van der Waals surface area contributed by atoms with Crippen LogP contribution in [0.2, 0.25) is 0 Å². The van der Waals surface area contributed by atoms with Gasteiger partial charge in [0.25, 0.3) is 0 Å². The highest BCUT2D eigenvalue weighted by atomic mass is 32.2. The van der Waals surface area contributed by atoms with Gasteiger partial charge in [0.1, 0.15) is 11.6 Å². The van der Waals surface area contributed by atoms with E-state index in [1.165, 1.54) is 24.7 Å². The minimum absolute atomic E-state index is 0.0169. The zero-order valence-corrected chi connectivity index (χ0v) is 10.8. The largest absolute Gasteiger partial charge is 0.508 e. The predicted octanol–water partition coefficient (Wildman–Crippen LogP) is 3.08. The van der Waals surface area contributed by atoms with Gasteiger partial charge in [-0.1, -0.05) is 6.07 Å². The van der Waals surface area contributed by atoms with Crippen LogP contribution in [-0.4, -0.2) is 22.7 Å². The molecule has 1 saturated heterocycles. The number of nitrogens with one attached hydrogen (secondary N) is 1. The van der Waals surface area contributed by atoms with E-state index in [0.717, 1.165) is 12.6 Å². The van der Waals surface area contributed by atoms with Crippen molar-refractivity contribution in [3.63, 3.8) is 0 Å². The third-order valence-electron chi connectivity index (χ3n) is 3.13. The summed E-state index contributed by atoms with van der Waals surface area (Å²) in [5.74, 6) is 0.878. The molecule has 1 fully saturated rings. The average Bonchev–Trinajstić information content (AvgIpc) is 2.78. The summed E-state index contributed by atoms with van der Waals surface area (Å²) in [6, 6.07) is 4.32. The maximum absolute atomic E-state index is 13.6. The average molecular weight is 255 g/mol. The quantitative estimate of drug-likeness (QED) is 0.867. The van der Waals surface area contributed by atoms with E-state index >= 15 is 0 Å². The molecule has 0 amide bonds. The number of benzene rings is 1. The lowest BCUT2D eigenvalue weighted by Crippen LogP contribution is -2.26. The van der Waals surface area contributed by atoms with Crippen LogP contribution in [0.5, 0.6) is 5.75 Å². The van der Waals surface area contributed by atoms with Crippen LogP contribution >= 0.6 is 11.8 Å². The van der Waals surface area contributed by atoms with Gasteiger partial charge in [-0.25, -0.2) is 4.39 Å². The highest BCUT2D eigenvalue weighted by Gasteiger charge is 2.17. The first-order chi connectivity index (χ1) is 8.16. The molecule has 2 N–H and O–H groups in total. The highest BCUT2D eigenvalue weighted by Crippen LogP contribution is 2.26. The van der Waals surface area contributed by atoms with Gasteiger partial charge < -0.3 is 10.4 Å². The maximum Gasteiger partial charge on any atom is 0.131 e. The zero-order valence-electron chi connectivity index (χ0n) is 9.95. The Morgan fingerprint density at radius 1 is 1.59 bits per heavy atom. The molecule has 1 aromatic rings. The second-order valence-electron chi connectivity index (χ2n) is 4.47. The van der Waals surface area contributed by atoms with E-state index in [0.29, 0.717) is 10.8 Å². The van der Waals surface area contributed by atoms with E-state index in [9.17, 15) is 4.39 Å². The van der Waals surface area contributed by atoms with Crippen LogP contribution in [0.3, 0.4) is 0 Å². The lowest BCUT2D eigenvalue weighted by atomic mass is 10.1. The molecule has 94 valence electrons. The van der Waals surface area contributed by atoms with Gasteiger partial charge in [0.05, 0.1) is 0 Å². The van der Waals surface area contributed by atoms with Gasteiger partial charge >= 0.3 is 0 Å². The summed E-state index contributed by atoms with van der Waals surface area (Å²) in [7, 11) is 0. The van der Waals surface area contributed by atoms with Crippen molar-refractivity contribution in [2.75, 3.05) is 12.3 Å². The van der Waals surface area contributed by atoms with E-state index in [1.807, 2.05) is 18.7 Å². The number of thioether (sulfide) groups is 1. The van der Waals surface area contributed by atoms with Crippen molar-refractivity contribution in [2.24, 2.45) is 0 Å². The van der Waals surface area contributed by atoms with Crippen molar-refractivity contribution in [3.05, 3.63) is 29.6 Å². The number of hydrogen-bond acceptors (Lipinski definition) is 3. The van der Waals surface area contributed by atoms with Crippen molar-refractivity contribution >= 4 is 11.8 Å². The van der Waals surface area contributed by atoms with Crippen LogP contribution in [0.15, 0.2) is 18.2 Å². The van der Waals surface area contributed by atoms with Crippen molar-refractivity contribution in [3.8, 4) is 5.75 Å². The van der Waals surface area contributed by atoms with Gasteiger partial charge in [-0.15, -0.1) is 0 Å². The first-order valence-corrected chi connectivity index (χ1v) is 7.05. The van der Waals surface area contributed by atoms with Crippen LogP contribution < -0.4 is 5.32 Å². The molecule has 0 saturated carbocycles. The first-order valence-electron chi connectivity index (χ1n) is 6.00. The third kappa shape index (κ3) is 3.36. The van der Waals surface area contributed by atoms with Gasteiger partial charge in [-0.2, -0.15) is 11.8 Å². The number of phenols is 1. The summed E-state index contributed by atoms with van der Waals surface area (Å²) in [5.41, 5.74) is 0.616. The lowest BCUT2D eigenvalue weighted by Gasteiger charge is -2.17. The number of hydrogen-bond donors (Lipinski definition) is 2. The number of phenolic OH excluding ortho intramolecular Hbond substituents is 1. The van der Waals surface area contributed by atoms with Gasteiger partial charge in [-0.05, 0) is 31.6 Å². The fourth-order valence-corrected chi connectivity index (χ4v) is 3.30. The number of rotatable bonds is 4. The molecule has 2 nitrogen and oxygen atoms in total. The lowest BCUT2D eigenvalue weighted by molar-refractivity contribution is 0.463. The Labute approximate surface area is 106 Å². The minimum Gasteiger partial charge on any atom is -0.508 e. The highest BCUT2D eigenvalue weighted by molar-refractivity contribution is 8.00. The smallest absolute Gasteiger partial charge is 0.131 e. The molecular weight excluding hydrogens is 237 g/mol. The molecule has 2 atom stereocenters. The molecule has 2 rings (SSSR count). The van der Waals surface area contributed by atoms with Crippen molar-refractivity contribution in [1.82, 2.24) is 5.32 Å². The first kappa shape index (κ1) is 12.7. The second kappa shape index (κ2) is 5.74. The van der Waals surface area contributed by atoms with Gasteiger partial charge in [0.2, 0.25) is 0 Å². The molecule has 1 aliphatic heterocycles. The summed E-state index contributed by atoms with van der Waals surface area (Å²) in [5, 5.41) is 13.2.